The minimum atomic E-state index is -0.0198. The van der Waals surface area contributed by atoms with Gasteiger partial charge in [-0.15, -0.1) is 0 Å². The molecule has 2 aliphatic rings. The number of hydrogen-bond donors (Lipinski definition) is 1. The lowest BCUT2D eigenvalue weighted by atomic mass is 9.86. The number of rotatable bonds is 3. The van der Waals surface area contributed by atoms with E-state index in [1.54, 1.807) is 6.08 Å². The van der Waals surface area contributed by atoms with Gasteiger partial charge in [0.2, 0.25) is 5.91 Å². The molecule has 1 aliphatic carbocycles. The van der Waals surface area contributed by atoms with E-state index >= 15 is 0 Å². The maximum absolute atomic E-state index is 12.1. The average molecular weight is 301 g/mol. The zero-order chi connectivity index (χ0) is 15.4. The fourth-order valence-corrected chi connectivity index (χ4v) is 3.10. The van der Waals surface area contributed by atoms with Crippen LogP contribution in [0.4, 0.5) is 0 Å². The second-order valence-corrected chi connectivity index (χ2v) is 6.11. The minimum Gasteiger partial charge on any atom is -0.486 e. The minimum absolute atomic E-state index is 0.0198. The Labute approximate surface area is 131 Å². The average Bonchev–Trinajstić information content (AvgIpc) is 2.55. The molecule has 22 heavy (non-hydrogen) atoms. The Balaban J connectivity index is 1.59. The lowest BCUT2D eigenvalue weighted by Crippen LogP contribution is -2.40. The largest absolute Gasteiger partial charge is 0.486 e. The zero-order valence-corrected chi connectivity index (χ0v) is 13.0. The van der Waals surface area contributed by atoms with Gasteiger partial charge in [0.25, 0.3) is 0 Å². The molecule has 0 bridgehead atoms. The van der Waals surface area contributed by atoms with Gasteiger partial charge in [0.1, 0.15) is 13.2 Å². The smallest absolute Gasteiger partial charge is 0.244 e. The topological polar surface area (TPSA) is 47.6 Å². The first-order valence-electron chi connectivity index (χ1n) is 8.10. The molecule has 0 aromatic heterocycles. The molecule has 4 heteroatoms. The fourth-order valence-electron chi connectivity index (χ4n) is 3.10. The highest BCUT2D eigenvalue weighted by atomic mass is 16.6. The standard InChI is InChI=1S/C18H23NO3/c1-13-4-2-3-5-15(13)19-18(20)9-7-14-6-8-16-17(12-14)22-11-10-21-16/h6-9,12-13,15H,2-5,10-11H2,1H3,(H,19,20)/b9-7+/t13-,15-/m0/s1. The first-order valence-corrected chi connectivity index (χ1v) is 8.10. The van der Waals surface area contributed by atoms with Crippen molar-refractivity contribution in [1.29, 1.82) is 0 Å². The van der Waals surface area contributed by atoms with Crippen LogP contribution in [0.3, 0.4) is 0 Å². The SMILES string of the molecule is C[C@H]1CCCC[C@@H]1NC(=O)/C=C/c1ccc2c(c1)OCCO2. The zero-order valence-electron chi connectivity index (χ0n) is 13.0. The third-order valence-corrected chi connectivity index (χ3v) is 4.43. The van der Waals surface area contributed by atoms with Crippen LogP contribution in [0, 0.1) is 5.92 Å². The summed E-state index contributed by atoms with van der Waals surface area (Å²) < 4.78 is 11.0. The first-order chi connectivity index (χ1) is 10.7. The van der Waals surface area contributed by atoms with Gasteiger partial charge >= 0.3 is 0 Å². The summed E-state index contributed by atoms with van der Waals surface area (Å²) in [4.78, 5) is 12.1. The second kappa shape index (κ2) is 6.86. The molecule has 0 spiro atoms. The normalized spacial score (nSPS) is 24.2. The van der Waals surface area contributed by atoms with Crippen LogP contribution in [0.15, 0.2) is 24.3 Å². The van der Waals surface area contributed by atoms with Crippen molar-refractivity contribution in [3.63, 3.8) is 0 Å². The van der Waals surface area contributed by atoms with Crippen LogP contribution < -0.4 is 14.8 Å². The molecule has 1 saturated carbocycles. The molecule has 1 N–H and O–H groups in total. The molecule has 1 heterocycles. The molecule has 3 rings (SSSR count). The Morgan fingerprint density at radius 3 is 2.77 bits per heavy atom. The van der Waals surface area contributed by atoms with Crippen LogP contribution in [-0.2, 0) is 4.79 Å². The number of benzene rings is 1. The summed E-state index contributed by atoms with van der Waals surface area (Å²) in [5.41, 5.74) is 0.941. The summed E-state index contributed by atoms with van der Waals surface area (Å²) in [6, 6.07) is 6.03. The third kappa shape index (κ3) is 3.62. The molecule has 1 fully saturated rings. The van der Waals surface area contributed by atoms with E-state index in [-0.39, 0.29) is 5.91 Å². The molecule has 1 aromatic carbocycles. The maximum Gasteiger partial charge on any atom is 0.244 e. The molecule has 0 unspecified atom stereocenters. The van der Waals surface area contributed by atoms with Gasteiger partial charge in [-0.05, 0) is 42.5 Å². The van der Waals surface area contributed by atoms with Gasteiger partial charge < -0.3 is 14.8 Å². The summed E-state index contributed by atoms with van der Waals surface area (Å²) >= 11 is 0. The summed E-state index contributed by atoms with van der Waals surface area (Å²) in [6.07, 6.45) is 8.21. The molecule has 1 aromatic rings. The highest BCUT2D eigenvalue weighted by Gasteiger charge is 2.21. The molecule has 1 aliphatic heterocycles. The van der Waals surface area contributed by atoms with Crippen LogP contribution in [0.25, 0.3) is 6.08 Å². The van der Waals surface area contributed by atoms with E-state index < -0.39 is 0 Å². The van der Waals surface area contributed by atoms with Crippen molar-refractivity contribution in [3.05, 3.63) is 29.8 Å². The van der Waals surface area contributed by atoms with Gasteiger partial charge in [0.15, 0.2) is 11.5 Å². The van der Waals surface area contributed by atoms with Gasteiger partial charge in [-0.2, -0.15) is 0 Å². The number of ether oxygens (including phenoxy) is 2. The van der Waals surface area contributed by atoms with Crippen molar-refractivity contribution >= 4 is 12.0 Å². The van der Waals surface area contributed by atoms with Crippen molar-refractivity contribution < 1.29 is 14.3 Å². The van der Waals surface area contributed by atoms with Crippen molar-refractivity contribution in [2.45, 2.75) is 38.6 Å². The van der Waals surface area contributed by atoms with Crippen LogP contribution >= 0.6 is 0 Å². The van der Waals surface area contributed by atoms with E-state index in [4.69, 9.17) is 9.47 Å². The molecule has 1 amide bonds. The molecule has 2 atom stereocenters. The summed E-state index contributed by atoms with van der Waals surface area (Å²) in [7, 11) is 0. The summed E-state index contributed by atoms with van der Waals surface area (Å²) in [5.74, 6) is 2.06. The Kier molecular flexibility index (Phi) is 4.66. The number of carbonyl (C=O) groups is 1. The van der Waals surface area contributed by atoms with Gasteiger partial charge in [-0.3, -0.25) is 4.79 Å². The van der Waals surface area contributed by atoms with E-state index in [9.17, 15) is 4.79 Å². The maximum atomic E-state index is 12.1. The van der Waals surface area contributed by atoms with Crippen LogP contribution in [0.2, 0.25) is 0 Å². The molecule has 4 nitrogen and oxygen atoms in total. The monoisotopic (exact) mass is 301 g/mol. The predicted molar refractivity (Wildman–Crippen MR) is 86.0 cm³/mol. The van der Waals surface area contributed by atoms with Crippen molar-refractivity contribution in [2.24, 2.45) is 5.92 Å². The van der Waals surface area contributed by atoms with Gasteiger partial charge in [-0.1, -0.05) is 25.8 Å². The van der Waals surface area contributed by atoms with E-state index in [0.29, 0.717) is 25.2 Å². The predicted octanol–water partition coefficient (Wildman–Crippen LogP) is 3.17. The number of carbonyl (C=O) groups excluding carboxylic acids is 1. The molecule has 0 saturated heterocycles. The fraction of sp³-hybridized carbons (Fsp3) is 0.500. The van der Waals surface area contributed by atoms with Crippen LogP contribution in [-0.4, -0.2) is 25.2 Å². The van der Waals surface area contributed by atoms with E-state index in [2.05, 4.69) is 12.2 Å². The molecule has 0 radical (unpaired) electrons. The summed E-state index contributed by atoms with van der Waals surface area (Å²) in [6.45, 7) is 3.37. The van der Waals surface area contributed by atoms with Crippen molar-refractivity contribution in [1.82, 2.24) is 5.32 Å². The van der Waals surface area contributed by atoms with Crippen molar-refractivity contribution in [2.75, 3.05) is 13.2 Å². The number of amides is 1. The molecular formula is C18H23NO3. The van der Waals surface area contributed by atoms with E-state index in [0.717, 1.165) is 23.5 Å². The highest BCUT2D eigenvalue weighted by Crippen LogP contribution is 2.31. The van der Waals surface area contributed by atoms with E-state index in [1.165, 1.54) is 19.3 Å². The molecule has 118 valence electrons. The molecular weight excluding hydrogens is 278 g/mol. The number of nitrogens with one attached hydrogen (secondary N) is 1. The highest BCUT2D eigenvalue weighted by molar-refractivity contribution is 5.92. The van der Waals surface area contributed by atoms with Gasteiger partial charge in [0.05, 0.1) is 0 Å². The Morgan fingerprint density at radius 1 is 1.18 bits per heavy atom. The Bertz CT molecular complexity index is 567. The van der Waals surface area contributed by atoms with Gasteiger partial charge in [-0.25, -0.2) is 0 Å². The lowest BCUT2D eigenvalue weighted by Gasteiger charge is -2.29. The number of hydrogen-bond acceptors (Lipinski definition) is 3. The van der Waals surface area contributed by atoms with Crippen molar-refractivity contribution in [3.8, 4) is 11.5 Å². The third-order valence-electron chi connectivity index (χ3n) is 4.43. The second-order valence-electron chi connectivity index (χ2n) is 6.11. The van der Waals surface area contributed by atoms with E-state index in [1.807, 2.05) is 24.3 Å². The quantitative estimate of drug-likeness (QED) is 0.872. The van der Waals surface area contributed by atoms with Gasteiger partial charge in [0, 0.05) is 12.1 Å². The Hall–Kier alpha value is -1.97. The lowest BCUT2D eigenvalue weighted by molar-refractivity contribution is -0.117. The summed E-state index contributed by atoms with van der Waals surface area (Å²) in [5, 5.41) is 3.12. The first kappa shape index (κ1) is 14.9. The number of fused-ring (bicyclic) bond motifs is 1. The van der Waals surface area contributed by atoms with Crippen LogP contribution in [0.1, 0.15) is 38.2 Å². The van der Waals surface area contributed by atoms with Crippen LogP contribution in [0.5, 0.6) is 11.5 Å². The Morgan fingerprint density at radius 2 is 1.95 bits per heavy atom.